The Morgan fingerprint density at radius 3 is 1.88 bits per heavy atom. The third-order valence-corrected chi connectivity index (χ3v) is 9.27. The van der Waals surface area contributed by atoms with Crippen LogP contribution in [-0.4, -0.2) is 60.1 Å². The molecule has 1 aliphatic heterocycles. The molecule has 4 atom stereocenters. The summed E-state index contributed by atoms with van der Waals surface area (Å²) in [7, 11) is 1.78. The van der Waals surface area contributed by atoms with Crippen molar-refractivity contribution in [2.75, 3.05) is 20.3 Å². The van der Waals surface area contributed by atoms with Gasteiger partial charge in [0.25, 0.3) is 0 Å². The van der Waals surface area contributed by atoms with Gasteiger partial charge in [-0.05, 0) is 80.1 Å². The number of rotatable bonds is 14. The van der Waals surface area contributed by atoms with Crippen molar-refractivity contribution in [3.63, 3.8) is 0 Å². The van der Waals surface area contributed by atoms with E-state index in [-0.39, 0.29) is 18.2 Å². The summed E-state index contributed by atoms with van der Waals surface area (Å²) in [5, 5.41) is 13.6. The fraction of sp³-hybridized carbons (Fsp3) is 0.366. The predicted octanol–water partition coefficient (Wildman–Crippen LogP) is 9.53. The zero-order valence-corrected chi connectivity index (χ0v) is 33.2. The highest BCUT2D eigenvalue weighted by Crippen LogP contribution is 2.34. The highest BCUT2D eigenvalue weighted by atomic mass is 79.9. The molecule has 0 aliphatic carbocycles. The van der Waals surface area contributed by atoms with Gasteiger partial charge in [0.1, 0.15) is 11.7 Å². The van der Waals surface area contributed by atoms with Gasteiger partial charge in [-0.2, -0.15) is 0 Å². The zero-order chi connectivity index (χ0) is 37.5. The Kier molecular flexibility index (Phi) is 16.2. The lowest BCUT2D eigenvalue weighted by Crippen LogP contribution is -2.43. The van der Waals surface area contributed by atoms with Crippen LogP contribution >= 0.6 is 31.9 Å². The minimum absolute atomic E-state index is 0.0190. The molecule has 278 valence electrons. The summed E-state index contributed by atoms with van der Waals surface area (Å²) in [5.74, 6) is 0. The molecule has 0 spiro atoms. The summed E-state index contributed by atoms with van der Waals surface area (Å²) in [6.07, 6.45) is -0.788. The van der Waals surface area contributed by atoms with Crippen molar-refractivity contribution in [1.29, 1.82) is 0 Å². The van der Waals surface area contributed by atoms with Crippen LogP contribution in [0, 0.1) is 0 Å². The number of amides is 2. The summed E-state index contributed by atoms with van der Waals surface area (Å²) in [6.45, 7) is 7.43. The number of hydrogen-bond acceptors (Lipinski definition) is 7. The van der Waals surface area contributed by atoms with Crippen LogP contribution in [0.2, 0.25) is 0 Å². The van der Waals surface area contributed by atoms with E-state index >= 15 is 0 Å². The van der Waals surface area contributed by atoms with Gasteiger partial charge in [-0.1, -0.05) is 117 Å². The van der Waals surface area contributed by atoms with E-state index in [2.05, 4.69) is 37.2 Å². The van der Waals surface area contributed by atoms with Gasteiger partial charge < -0.3 is 34.3 Å². The summed E-state index contributed by atoms with van der Waals surface area (Å²) in [6, 6.07) is 34.6. The number of hydrogen-bond donors (Lipinski definition) is 2. The number of nitrogens with one attached hydrogen (secondary N) is 1. The van der Waals surface area contributed by atoms with Crippen LogP contribution in [0.3, 0.4) is 0 Å². The molecule has 4 unspecified atom stereocenters. The predicted molar refractivity (Wildman–Crippen MR) is 209 cm³/mol. The van der Waals surface area contributed by atoms with E-state index in [9.17, 15) is 14.7 Å². The standard InChI is InChI=1S/C22H28BrNO4.C19H20BrNO3/c1-22(2,3)28-21(26)24-19(20(25)17-9-11-18(23)12-10-17)13-14-27-15-16-7-5-4-6-8-16;1-21-17(11-12-23-13-14-5-3-2-4-6-14)18(24-19(21)22)15-7-9-16(20)10-8-15/h4-12,19-20,25H,13-15H2,1-3H3,(H,24,26);2-10,17-18H,11-13H2,1H3. The van der Waals surface area contributed by atoms with Gasteiger partial charge in [-0.25, -0.2) is 9.59 Å². The van der Waals surface area contributed by atoms with Gasteiger partial charge in [0.15, 0.2) is 0 Å². The van der Waals surface area contributed by atoms with Crippen LogP contribution in [0.1, 0.15) is 68.1 Å². The largest absolute Gasteiger partial charge is 0.444 e. The van der Waals surface area contributed by atoms with Crippen molar-refractivity contribution in [3.05, 3.63) is 140 Å². The first-order valence-electron chi connectivity index (χ1n) is 17.2. The molecule has 0 radical (unpaired) electrons. The quantitative estimate of drug-likeness (QED) is 0.122. The van der Waals surface area contributed by atoms with E-state index in [4.69, 9.17) is 18.9 Å². The monoisotopic (exact) mass is 838 g/mol. The first kappa shape index (κ1) is 41.0. The zero-order valence-electron chi connectivity index (χ0n) is 30.0. The fourth-order valence-electron chi connectivity index (χ4n) is 5.50. The van der Waals surface area contributed by atoms with Crippen LogP contribution in [0.25, 0.3) is 0 Å². The van der Waals surface area contributed by atoms with Crippen molar-refractivity contribution in [2.24, 2.45) is 0 Å². The fourth-order valence-corrected chi connectivity index (χ4v) is 6.03. The number of carbonyl (C=O) groups is 2. The number of carbonyl (C=O) groups excluding carboxylic acids is 2. The second kappa shape index (κ2) is 20.5. The van der Waals surface area contributed by atoms with Gasteiger partial charge in [0, 0.05) is 29.2 Å². The van der Waals surface area contributed by atoms with Crippen LogP contribution in [0.15, 0.2) is 118 Å². The molecule has 1 fully saturated rings. The van der Waals surface area contributed by atoms with Crippen LogP contribution < -0.4 is 5.32 Å². The Labute approximate surface area is 323 Å². The van der Waals surface area contributed by atoms with E-state index in [0.29, 0.717) is 38.4 Å². The minimum atomic E-state index is -0.874. The number of halogens is 2. The Morgan fingerprint density at radius 1 is 0.827 bits per heavy atom. The number of aliphatic hydroxyl groups excluding tert-OH is 1. The Bertz CT molecular complexity index is 1650. The van der Waals surface area contributed by atoms with Crippen molar-refractivity contribution in [2.45, 2.75) is 76.7 Å². The molecule has 52 heavy (non-hydrogen) atoms. The number of cyclic esters (lactones) is 1. The summed E-state index contributed by atoms with van der Waals surface area (Å²) >= 11 is 6.82. The smallest absolute Gasteiger partial charge is 0.410 e. The lowest BCUT2D eigenvalue weighted by Gasteiger charge is -2.27. The van der Waals surface area contributed by atoms with Crippen LogP contribution in [0.5, 0.6) is 0 Å². The normalized spacial score (nSPS) is 16.7. The number of alkyl carbamates (subject to hydrolysis) is 1. The molecule has 2 amide bonds. The second-order valence-corrected chi connectivity index (χ2v) is 15.3. The molecule has 0 saturated carbocycles. The topological polar surface area (TPSA) is 107 Å². The number of nitrogens with zero attached hydrogens (tertiary/aromatic N) is 1. The Morgan fingerprint density at radius 2 is 1.35 bits per heavy atom. The molecule has 4 aromatic rings. The molecule has 1 saturated heterocycles. The second-order valence-electron chi connectivity index (χ2n) is 13.4. The van der Waals surface area contributed by atoms with Crippen LogP contribution in [-0.2, 0) is 32.2 Å². The van der Waals surface area contributed by atoms with Gasteiger partial charge in [-0.3, -0.25) is 0 Å². The van der Waals surface area contributed by atoms with E-state index in [1.165, 1.54) is 0 Å². The molecular formula is C41H48Br2N2O7. The maximum absolute atomic E-state index is 12.2. The Balaban J connectivity index is 0.000000235. The lowest BCUT2D eigenvalue weighted by atomic mass is 10.00. The molecule has 1 aliphatic rings. The Hall–Kier alpha value is -3.74. The SMILES string of the molecule is CC(C)(C)OC(=O)NC(CCOCc1ccccc1)C(O)c1ccc(Br)cc1.CN1C(=O)OC(c2ccc(Br)cc2)C1CCOCc1ccccc1. The molecule has 11 heteroatoms. The number of likely N-dealkylation sites (N-methyl/N-ethyl adjacent to an activating group) is 1. The van der Waals surface area contributed by atoms with Crippen molar-refractivity contribution in [1.82, 2.24) is 10.2 Å². The van der Waals surface area contributed by atoms with E-state index in [0.717, 1.165) is 32.1 Å². The van der Waals surface area contributed by atoms with Gasteiger partial charge in [-0.15, -0.1) is 0 Å². The average Bonchev–Trinajstić information content (AvgIpc) is 3.41. The highest BCUT2D eigenvalue weighted by Gasteiger charge is 2.40. The van der Waals surface area contributed by atoms with E-state index in [1.807, 2.05) is 109 Å². The molecule has 1 heterocycles. The highest BCUT2D eigenvalue weighted by molar-refractivity contribution is 9.10. The molecule has 0 bridgehead atoms. The average molecular weight is 841 g/mol. The molecule has 4 aromatic carbocycles. The molecule has 5 rings (SSSR count). The third-order valence-electron chi connectivity index (χ3n) is 8.21. The van der Waals surface area contributed by atoms with Gasteiger partial charge in [0.2, 0.25) is 0 Å². The number of benzene rings is 4. The first-order valence-corrected chi connectivity index (χ1v) is 18.8. The van der Waals surface area contributed by atoms with Crippen molar-refractivity contribution in [3.8, 4) is 0 Å². The van der Waals surface area contributed by atoms with E-state index in [1.54, 1.807) is 32.7 Å². The van der Waals surface area contributed by atoms with E-state index < -0.39 is 23.8 Å². The molecular weight excluding hydrogens is 792 g/mol. The first-order chi connectivity index (χ1) is 24.9. The maximum Gasteiger partial charge on any atom is 0.410 e. The van der Waals surface area contributed by atoms with Gasteiger partial charge in [0.05, 0.1) is 31.4 Å². The van der Waals surface area contributed by atoms with Crippen molar-refractivity contribution >= 4 is 44.0 Å². The summed E-state index contributed by atoms with van der Waals surface area (Å²) in [5.41, 5.74) is 3.33. The minimum Gasteiger partial charge on any atom is -0.444 e. The molecule has 9 nitrogen and oxygen atoms in total. The van der Waals surface area contributed by atoms with Crippen molar-refractivity contribution < 1.29 is 33.6 Å². The summed E-state index contributed by atoms with van der Waals surface area (Å²) < 4.78 is 24.3. The molecule has 2 N–H and O–H groups in total. The number of ether oxygens (including phenoxy) is 4. The third kappa shape index (κ3) is 13.7. The number of aliphatic hydroxyl groups is 1. The maximum atomic E-state index is 12.2. The summed E-state index contributed by atoms with van der Waals surface area (Å²) in [4.78, 5) is 25.8. The van der Waals surface area contributed by atoms with Gasteiger partial charge >= 0.3 is 12.2 Å². The lowest BCUT2D eigenvalue weighted by molar-refractivity contribution is 0.0354. The van der Waals surface area contributed by atoms with Crippen LogP contribution in [0.4, 0.5) is 9.59 Å². The molecule has 0 aromatic heterocycles.